The number of aromatic nitrogens is 1. The van der Waals surface area contributed by atoms with Crippen molar-refractivity contribution in [3.05, 3.63) is 58.5 Å². The second kappa shape index (κ2) is 20.4. The Morgan fingerprint density at radius 3 is 2.34 bits per heavy atom. The number of ether oxygens (including phenoxy) is 3. The summed E-state index contributed by atoms with van der Waals surface area (Å²) >= 11 is 1.40. The summed E-state index contributed by atoms with van der Waals surface area (Å²) in [7, 11) is 0. The molecule has 310 valence electrons. The molecule has 58 heavy (non-hydrogen) atoms. The Kier molecular flexibility index (Phi) is 14.9. The lowest BCUT2D eigenvalue weighted by atomic mass is 10.0. The third-order valence-electron chi connectivity index (χ3n) is 10.2. The van der Waals surface area contributed by atoms with Crippen molar-refractivity contribution in [2.45, 2.75) is 83.1 Å². The number of hydrogen-bond donors (Lipinski definition) is 2. The molecule has 0 radical (unpaired) electrons. The minimum absolute atomic E-state index is 0.0102. The molecule has 4 heterocycles. The van der Waals surface area contributed by atoms with Crippen LogP contribution in [0.25, 0.3) is 11.3 Å². The van der Waals surface area contributed by atoms with Crippen LogP contribution in [0.5, 0.6) is 11.5 Å². The van der Waals surface area contributed by atoms with Crippen molar-refractivity contribution in [2.75, 3.05) is 51.0 Å². The number of imide groups is 2. The Hall–Kier alpha value is -5.29. The van der Waals surface area contributed by atoms with E-state index >= 15 is 0 Å². The molecule has 0 spiro atoms. The van der Waals surface area contributed by atoms with E-state index in [1.807, 2.05) is 0 Å². The molecule has 17 heteroatoms. The molecule has 2 N–H and O–H groups in total. The van der Waals surface area contributed by atoms with Crippen LogP contribution in [0.3, 0.4) is 0 Å². The van der Waals surface area contributed by atoms with E-state index < -0.39 is 41.3 Å². The Morgan fingerprint density at radius 2 is 1.60 bits per heavy atom. The van der Waals surface area contributed by atoms with Crippen LogP contribution in [0.1, 0.15) is 97.8 Å². The number of halogens is 2. The quantitative estimate of drug-likeness (QED) is 0.105. The number of rotatable bonds is 21. The maximum atomic E-state index is 14.8. The number of benzene rings is 2. The fraction of sp³-hybridized carbons (Fsp3) is 0.488. The summed E-state index contributed by atoms with van der Waals surface area (Å²) in [6.07, 6.45) is 8.70. The molecule has 1 aromatic heterocycles. The molecule has 0 aliphatic carbocycles. The van der Waals surface area contributed by atoms with Crippen molar-refractivity contribution in [2.24, 2.45) is 0 Å². The first-order valence-corrected chi connectivity index (χ1v) is 20.7. The Balaban J connectivity index is 0.800. The van der Waals surface area contributed by atoms with Crippen LogP contribution in [0.4, 0.5) is 13.9 Å². The number of amides is 5. The average Bonchev–Trinajstić information content (AvgIpc) is 3.81. The minimum Gasteiger partial charge on any atom is -0.483 e. The molecule has 14 nitrogen and oxygen atoms in total. The fourth-order valence-electron chi connectivity index (χ4n) is 7.10. The molecule has 2 fully saturated rings. The van der Waals surface area contributed by atoms with Crippen molar-refractivity contribution in [3.8, 4) is 22.8 Å². The second-order valence-corrected chi connectivity index (χ2v) is 15.2. The van der Waals surface area contributed by atoms with Gasteiger partial charge in [0, 0.05) is 43.4 Å². The van der Waals surface area contributed by atoms with Gasteiger partial charge in [-0.1, -0.05) is 51.0 Å². The lowest BCUT2D eigenvalue weighted by Crippen LogP contribution is -2.54. The maximum absolute atomic E-state index is 14.8. The summed E-state index contributed by atoms with van der Waals surface area (Å²) in [5.41, 5.74) is 0.821. The highest BCUT2D eigenvalue weighted by Crippen LogP contribution is 2.37. The zero-order chi connectivity index (χ0) is 41.0. The van der Waals surface area contributed by atoms with Gasteiger partial charge in [-0.2, -0.15) is 4.39 Å². The summed E-state index contributed by atoms with van der Waals surface area (Å²) in [5.74, 6) is -5.52. The number of nitrogens with one attached hydrogen (secondary N) is 2. The number of piperidine rings is 1. The minimum atomic E-state index is -1.14. The van der Waals surface area contributed by atoms with E-state index in [2.05, 4.69) is 20.5 Å². The topological polar surface area (TPSA) is 174 Å². The summed E-state index contributed by atoms with van der Waals surface area (Å²) in [4.78, 5) is 82.6. The number of unbranched alkanes of at least 4 members (excludes halogenated alkanes) is 8. The summed E-state index contributed by atoms with van der Waals surface area (Å²) in [6, 6.07) is 5.84. The second-order valence-electron chi connectivity index (χ2n) is 14.4. The van der Waals surface area contributed by atoms with Crippen molar-refractivity contribution >= 4 is 51.8 Å². The molecule has 3 aliphatic heterocycles. The molecular formula is C41H47F2N5O9S. The predicted octanol–water partition coefficient (Wildman–Crippen LogP) is 5.37. The molecule has 1 atom stereocenters. The molecule has 0 saturated carbocycles. The van der Waals surface area contributed by atoms with Crippen LogP contribution in [0, 0.1) is 11.6 Å². The number of carbonyl (C=O) groups is 6. The predicted molar refractivity (Wildman–Crippen MR) is 209 cm³/mol. The Labute approximate surface area is 338 Å². The van der Waals surface area contributed by atoms with Crippen molar-refractivity contribution in [3.63, 3.8) is 0 Å². The molecule has 1 unspecified atom stereocenters. The van der Waals surface area contributed by atoms with Crippen LogP contribution in [0.15, 0.2) is 35.7 Å². The third kappa shape index (κ3) is 10.6. The maximum Gasteiger partial charge on any atom is 0.266 e. The number of hydrogen-bond acceptors (Lipinski definition) is 12. The smallest absolute Gasteiger partial charge is 0.266 e. The van der Waals surface area contributed by atoms with Crippen LogP contribution >= 0.6 is 11.3 Å². The van der Waals surface area contributed by atoms with Gasteiger partial charge >= 0.3 is 0 Å². The molecule has 0 bridgehead atoms. The molecule has 3 aromatic rings. The Bertz CT molecular complexity index is 2000. The molecule has 2 saturated heterocycles. The average molecular weight is 824 g/mol. The molecule has 2 aromatic carbocycles. The third-order valence-corrected chi connectivity index (χ3v) is 11.1. The van der Waals surface area contributed by atoms with Gasteiger partial charge in [-0.15, -0.1) is 11.3 Å². The SMILES string of the molecule is O=C(CCCCCCCCCCCNC(=O)COc1cccc2c1C(=O)N(C1CCC(=O)NC1=O)C2=O)COc1c(-c2csc(N3CCOCC3)n2)ccc(F)c1F. The standard InChI is InChI=1S/C41H47F2N5O9S/c42-29-15-14-27(30-25-58-41(45-30)47-19-21-55-22-20-47)37(36(29)43)57-23-26(49)11-8-6-4-2-1-3-5-7-9-18-44-34(51)24-56-32-13-10-12-28-35(32)40(54)48(39(28)53)31-16-17-33(50)46-38(31)52/h10,12-15,25,31H,1-9,11,16-24H2,(H,44,51)(H,46,50,52). The number of carbonyl (C=O) groups excluding carboxylic acids is 6. The van der Waals surface area contributed by atoms with Crippen molar-refractivity contribution in [1.82, 2.24) is 20.5 Å². The van der Waals surface area contributed by atoms with Crippen LogP contribution in [0.2, 0.25) is 0 Å². The van der Waals surface area contributed by atoms with Gasteiger partial charge < -0.3 is 24.4 Å². The zero-order valence-electron chi connectivity index (χ0n) is 32.2. The molecule has 3 aliphatic rings. The molecule has 6 rings (SSSR count). The van der Waals surface area contributed by atoms with Gasteiger partial charge in [0.2, 0.25) is 17.6 Å². The lowest BCUT2D eigenvalue weighted by molar-refractivity contribution is -0.136. The van der Waals surface area contributed by atoms with Gasteiger partial charge in [0.1, 0.15) is 18.4 Å². The van der Waals surface area contributed by atoms with Crippen molar-refractivity contribution < 1.29 is 51.8 Å². The highest BCUT2D eigenvalue weighted by atomic mass is 32.1. The van der Waals surface area contributed by atoms with E-state index in [1.165, 1.54) is 35.6 Å². The van der Waals surface area contributed by atoms with E-state index in [0.717, 1.165) is 67.5 Å². The monoisotopic (exact) mass is 823 g/mol. The first-order chi connectivity index (χ1) is 28.1. The Morgan fingerprint density at radius 1 is 0.879 bits per heavy atom. The zero-order valence-corrected chi connectivity index (χ0v) is 33.0. The highest BCUT2D eigenvalue weighted by Gasteiger charge is 2.46. The van der Waals surface area contributed by atoms with Gasteiger partial charge in [-0.3, -0.25) is 39.0 Å². The number of nitrogens with zero attached hydrogens (tertiary/aromatic N) is 3. The number of ketones is 1. The number of thiazole rings is 1. The molecular weight excluding hydrogens is 777 g/mol. The largest absolute Gasteiger partial charge is 0.483 e. The van der Waals surface area contributed by atoms with Gasteiger partial charge in [-0.05, 0) is 43.5 Å². The lowest BCUT2D eigenvalue weighted by Gasteiger charge is -2.27. The van der Waals surface area contributed by atoms with Crippen molar-refractivity contribution in [1.29, 1.82) is 0 Å². The first-order valence-electron chi connectivity index (χ1n) is 19.8. The van der Waals surface area contributed by atoms with E-state index in [0.29, 0.717) is 50.5 Å². The fourth-order valence-corrected chi connectivity index (χ4v) is 7.98. The van der Waals surface area contributed by atoms with Crippen LogP contribution in [-0.2, 0) is 23.9 Å². The van der Waals surface area contributed by atoms with Crippen LogP contribution in [-0.4, -0.2) is 97.3 Å². The summed E-state index contributed by atoms with van der Waals surface area (Å²) < 4.78 is 45.5. The summed E-state index contributed by atoms with van der Waals surface area (Å²) in [5, 5.41) is 7.49. The summed E-state index contributed by atoms with van der Waals surface area (Å²) in [6.45, 7) is 2.33. The first kappa shape index (κ1) is 42.3. The van der Waals surface area contributed by atoms with E-state index in [9.17, 15) is 37.5 Å². The van der Waals surface area contributed by atoms with E-state index in [4.69, 9.17) is 14.2 Å². The number of fused-ring (bicyclic) bond motifs is 1. The number of anilines is 1. The number of morpholine rings is 1. The van der Waals surface area contributed by atoms with Crippen LogP contribution < -0.4 is 25.0 Å². The van der Waals surface area contributed by atoms with Gasteiger partial charge in [0.15, 0.2) is 29.1 Å². The molecule has 5 amide bonds. The van der Waals surface area contributed by atoms with Gasteiger partial charge in [0.05, 0.1) is 30.0 Å². The highest BCUT2D eigenvalue weighted by molar-refractivity contribution is 7.14. The van der Waals surface area contributed by atoms with Gasteiger partial charge in [-0.25, -0.2) is 9.37 Å². The van der Waals surface area contributed by atoms with E-state index in [1.54, 1.807) is 5.38 Å². The normalized spacial score (nSPS) is 16.7. The number of Topliss-reactive ketones (excluding diaryl/α,β-unsaturated/α-hetero) is 1. The van der Waals surface area contributed by atoms with E-state index in [-0.39, 0.29) is 66.8 Å². The van der Waals surface area contributed by atoms with Gasteiger partial charge in [0.25, 0.3) is 17.7 Å².